The van der Waals surface area contributed by atoms with Crippen LogP contribution in [0.1, 0.15) is 0 Å². The van der Waals surface area contributed by atoms with Crippen molar-refractivity contribution in [2.24, 2.45) is 0 Å². The van der Waals surface area contributed by atoms with Crippen LogP contribution in [0.3, 0.4) is 0 Å². The molecule has 0 aromatic heterocycles. The van der Waals surface area contributed by atoms with Gasteiger partial charge in [-0.3, -0.25) is 9.13 Å². The molecule has 22 heavy (non-hydrogen) atoms. The molecule has 0 saturated carbocycles. The fraction of sp³-hybridized carbons (Fsp3) is 1.00. The first-order valence-electron chi connectivity index (χ1n) is 4.30. The summed E-state index contributed by atoms with van der Waals surface area (Å²) >= 11 is 0. The van der Waals surface area contributed by atoms with Gasteiger partial charge in [-0.05, 0) is 0 Å². The molecule has 0 amide bonds. The summed E-state index contributed by atoms with van der Waals surface area (Å²) in [6.45, 7) is 1.24. The molecule has 0 saturated heterocycles. The molecule has 0 aliphatic carbocycles. The second-order valence-electron chi connectivity index (χ2n) is 3.30. The highest BCUT2D eigenvalue weighted by Gasteiger charge is 2.37. The molecule has 0 radical (unpaired) electrons. The van der Waals surface area contributed by atoms with E-state index in [1.165, 1.54) is 0 Å². The standard InChI is InChI=1S/CH7O9P3.CH6O6P2/c1-11(2,3)9-13(7,8)10-12(4,5)6;1-8(2,3)7-9(4,5)6/h1H3,(H,2,3)(H,7,8)(H2,4,5,6);1H3,(H,2,3)(H2,4,5,6). The van der Waals surface area contributed by atoms with E-state index >= 15 is 0 Å². The van der Waals surface area contributed by atoms with Gasteiger partial charge in [0.1, 0.15) is 0 Å². The average Bonchev–Trinajstić information content (AvgIpc) is 1.82. The zero-order valence-corrected chi connectivity index (χ0v) is 15.1. The van der Waals surface area contributed by atoms with E-state index in [4.69, 9.17) is 34.3 Å². The lowest BCUT2D eigenvalue weighted by Crippen LogP contribution is -1.91. The summed E-state index contributed by atoms with van der Waals surface area (Å²) in [5, 5.41) is 0. The third-order valence-corrected chi connectivity index (χ3v) is 6.50. The highest BCUT2D eigenvalue weighted by atomic mass is 31.3. The largest absolute Gasteiger partial charge is 0.488 e. The minimum absolute atomic E-state index is 0.554. The lowest BCUT2D eigenvalue weighted by atomic mass is 12.0. The van der Waals surface area contributed by atoms with Gasteiger partial charge in [-0.15, -0.1) is 0 Å². The molecule has 15 nitrogen and oxygen atoms in total. The first-order valence-corrected chi connectivity index (χ1v) is 12.9. The van der Waals surface area contributed by atoms with Crippen molar-refractivity contribution in [3.63, 3.8) is 0 Å². The molecule has 0 rings (SSSR count). The fourth-order valence-electron chi connectivity index (χ4n) is 0.538. The normalized spacial score (nSPS) is 20.8. The molecule has 0 heterocycles. The van der Waals surface area contributed by atoms with Crippen molar-refractivity contribution in [3.05, 3.63) is 0 Å². The average molecular weight is 432 g/mol. The minimum Gasteiger partial charge on any atom is -0.324 e. The number of phosphoric acid groups is 3. The molecule has 20 heteroatoms. The summed E-state index contributed by atoms with van der Waals surface area (Å²) in [6.07, 6.45) is 0. The SMILES string of the molecule is CP(=O)(O)OP(=O)(O)O.CP(=O)(O)OP(=O)(O)OP(=O)(O)O. The van der Waals surface area contributed by atoms with E-state index in [1.54, 1.807) is 0 Å². The van der Waals surface area contributed by atoms with Gasteiger partial charge in [-0.25, -0.2) is 22.3 Å². The summed E-state index contributed by atoms with van der Waals surface area (Å²) in [6, 6.07) is 0. The van der Waals surface area contributed by atoms with Crippen LogP contribution in [0.5, 0.6) is 0 Å². The van der Waals surface area contributed by atoms with Crippen molar-refractivity contribution < 1.29 is 70.0 Å². The first-order chi connectivity index (χ1) is 9.12. The Morgan fingerprint density at radius 2 is 0.818 bits per heavy atom. The van der Waals surface area contributed by atoms with Crippen LogP contribution < -0.4 is 0 Å². The van der Waals surface area contributed by atoms with Crippen LogP contribution in [0.15, 0.2) is 0 Å². The molecule has 3 unspecified atom stereocenters. The Labute approximate surface area is 123 Å². The van der Waals surface area contributed by atoms with Gasteiger partial charge in [0.25, 0.3) is 0 Å². The van der Waals surface area contributed by atoms with Gasteiger partial charge in [-0.2, -0.15) is 4.31 Å². The van der Waals surface area contributed by atoms with Gasteiger partial charge < -0.3 is 34.3 Å². The Bertz CT molecular complexity index is 531. The molecule has 0 aliphatic rings. The van der Waals surface area contributed by atoms with E-state index in [-0.39, 0.29) is 0 Å². The van der Waals surface area contributed by atoms with Gasteiger partial charge in [0.15, 0.2) is 0 Å². The van der Waals surface area contributed by atoms with E-state index < -0.39 is 38.7 Å². The van der Waals surface area contributed by atoms with E-state index in [9.17, 15) is 22.8 Å². The molecule has 0 fully saturated rings. The summed E-state index contributed by atoms with van der Waals surface area (Å²) in [4.78, 5) is 57.0. The molecule has 0 aliphatic heterocycles. The van der Waals surface area contributed by atoms with Crippen LogP contribution in [0.2, 0.25) is 0 Å². The van der Waals surface area contributed by atoms with E-state index in [2.05, 4.69) is 12.9 Å². The predicted octanol–water partition coefficient (Wildman–Crippen LogP) is -0.0612. The third-order valence-electron chi connectivity index (χ3n) is 0.722. The highest BCUT2D eigenvalue weighted by molar-refractivity contribution is 7.67. The third kappa shape index (κ3) is 23.0. The Balaban J connectivity index is 0. The van der Waals surface area contributed by atoms with E-state index in [1.807, 2.05) is 0 Å². The van der Waals surface area contributed by atoms with Crippen LogP contribution in [0, 0.1) is 0 Å². The highest BCUT2D eigenvalue weighted by Crippen LogP contribution is 2.64. The summed E-state index contributed by atoms with van der Waals surface area (Å²) in [5.41, 5.74) is 0. The first kappa shape index (κ1) is 25.0. The Hall–Kier alpha value is 0.750. The molecular formula is C2H13O15P5. The maximum Gasteiger partial charge on any atom is 0.488 e. The lowest BCUT2D eigenvalue weighted by molar-refractivity contribution is 0.223. The predicted molar refractivity (Wildman–Crippen MR) is 68.7 cm³/mol. The van der Waals surface area contributed by atoms with Gasteiger partial charge >= 0.3 is 38.7 Å². The summed E-state index contributed by atoms with van der Waals surface area (Å²) in [7, 11) is -23.7. The van der Waals surface area contributed by atoms with Crippen molar-refractivity contribution in [1.82, 2.24) is 0 Å². The quantitative estimate of drug-likeness (QED) is 0.271. The van der Waals surface area contributed by atoms with Gasteiger partial charge in [-0.1, -0.05) is 0 Å². The topological polar surface area (TPSA) is 255 Å². The lowest BCUT2D eigenvalue weighted by Gasteiger charge is -2.13. The Morgan fingerprint density at radius 3 is 0.955 bits per heavy atom. The zero-order valence-electron chi connectivity index (χ0n) is 10.6. The number of hydrogen-bond acceptors (Lipinski definition) is 8. The second kappa shape index (κ2) is 8.22. The van der Waals surface area contributed by atoms with Crippen molar-refractivity contribution in [1.29, 1.82) is 0 Å². The maximum atomic E-state index is 10.5. The van der Waals surface area contributed by atoms with Crippen molar-refractivity contribution >= 4 is 38.7 Å². The molecule has 0 bridgehead atoms. The molecule has 0 spiro atoms. The van der Waals surface area contributed by atoms with E-state index in [0.29, 0.717) is 13.3 Å². The number of rotatable bonds is 6. The maximum absolute atomic E-state index is 10.5. The van der Waals surface area contributed by atoms with Gasteiger partial charge in [0.2, 0.25) is 0 Å². The molecule has 0 aromatic carbocycles. The van der Waals surface area contributed by atoms with Crippen LogP contribution in [0.4, 0.5) is 0 Å². The Kier molecular flexibility index (Phi) is 9.34. The van der Waals surface area contributed by atoms with Crippen LogP contribution in [0.25, 0.3) is 0 Å². The van der Waals surface area contributed by atoms with Gasteiger partial charge in [0, 0.05) is 13.3 Å². The van der Waals surface area contributed by atoms with Crippen LogP contribution in [-0.2, 0) is 35.8 Å². The minimum atomic E-state index is -5.24. The van der Waals surface area contributed by atoms with Crippen molar-refractivity contribution in [3.8, 4) is 0 Å². The Morgan fingerprint density at radius 1 is 0.545 bits per heavy atom. The molecule has 7 N–H and O–H groups in total. The van der Waals surface area contributed by atoms with Crippen molar-refractivity contribution in [2.75, 3.05) is 13.3 Å². The number of hydrogen-bond donors (Lipinski definition) is 7. The van der Waals surface area contributed by atoms with Crippen LogP contribution >= 0.6 is 38.7 Å². The molecule has 0 aromatic rings. The monoisotopic (exact) mass is 432 g/mol. The molecule has 3 atom stereocenters. The summed E-state index contributed by atoms with van der Waals surface area (Å²) < 4.78 is 60.9. The smallest absolute Gasteiger partial charge is 0.324 e. The van der Waals surface area contributed by atoms with Gasteiger partial charge in [0.05, 0.1) is 0 Å². The van der Waals surface area contributed by atoms with Crippen LogP contribution in [-0.4, -0.2) is 47.6 Å². The second-order valence-corrected chi connectivity index (χ2v) is 11.4. The molecule has 136 valence electrons. The zero-order chi connectivity index (χ0) is 18.6. The fourth-order valence-corrected chi connectivity index (χ4v) is 5.11. The summed E-state index contributed by atoms with van der Waals surface area (Å²) in [5.74, 6) is 0. The van der Waals surface area contributed by atoms with E-state index in [0.717, 1.165) is 0 Å². The molecular weight excluding hydrogens is 419 g/mol. The van der Waals surface area contributed by atoms with Crippen molar-refractivity contribution in [2.45, 2.75) is 0 Å².